The Bertz CT molecular complexity index is 1040. The van der Waals surface area contributed by atoms with Crippen LogP contribution in [0.1, 0.15) is 39.1 Å². The Hall–Kier alpha value is -2.93. The second-order valence-electron chi connectivity index (χ2n) is 7.04. The third-order valence-corrected chi connectivity index (χ3v) is 6.21. The Labute approximate surface area is 173 Å². The number of imide groups is 1. The van der Waals surface area contributed by atoms with Gasteiger partial charge in [-0.15, -0.1) is 10.2 Å². The van der Waals surface area contributed by atoms with Gasteiger partial charge in [0.2, 0.25) is 0 Å². The molecule has 0 fully saturated rings. The average molecular weight is 407 g/mol. The summed E-state index contributed by atoms with van der Waals surface area (Å²) in [6, 6.07) is 15.1. The molecule has 1 aliphatic heterocycles. The maximum atomic E-state index is 12.4. The van der Waals surface area contributed by atoms with Crippen LogP contribution >= 0.6 is 11.8 Å². The largest absolute Gasteiger partial charge is 0.305 e. The summed E-state index contributed by atoms with van der Waals surface area (Å²) < 4.78 is 2.01. The molecule has 0 spiro atoms. The van der Waals surface area contributed by atoms with E-state index in [9.17, 15) is 9.59 Å². The quantitative estimate of drug-likeness (QED) is 0.337. The van der Waals surface area contributed by atoms with Crippen LogP contribution in [0.4, 0.5) is 0 Å². The van der Waals surface area contributed by atoms with Crippen LogP contribution in [0, 0.1) is 6.92 Å². The summed E-state index contributed by atoms with van der Waals surface area (Å²) in [4.78, 5) is 26.1. The van der Waals surface area contributed by atoms with Crippen LogP contribution in [0.3, 0.4) is 0 Å². The van der Waals surface area contributed by atoms with E-state index in [0.717, 1.165) is 35.1 Å². The number of thioether (sulfide) groups is 1. The number of aromatic nitrogens is 3. The Morgan fingerprint density at radius 2 is 1.48 bits per heavy atom. The molecule has 2 heterocycles. The first-order chi connectivity index (χ1) is 14.1. The highest BCUT2D eigenvalue weighted by molar-refractivity contribution is 7.99. The van der Waals surface area contributed by atoms with E-state index in [1.807, 2.05) is 23.7 Å². The van der Waals surface area contributed by atoms with Crippen molar-refractivity contribution < 1.29 is 9.59 Å². The van der Waals surface area contributed by atoms with E-state index in [4.69, 9.17) is 0 Å². The van der Waals surface area contributed by atoms with Crippen molar-refractivity contribution in [3.05, 3.63) is 65.2 Å². The van der Waals surface area contributed by atoms with E-state index in [2.05, 4.69) is 29.3 Å². The van der Waals surface area contributed by atoms with Gasteiger partial charge in [0.15, 0.2) is 11.0 Å². The number of fused-ring (bicyclic) bond motifs is 1. The predicted molar refractivity (Wildman–Crippen MR) is 113 cm³/mol. The van der Waals surface area contributed by atoms with Crippen molar-refractivity contribution in [2.24, 2.45) is 7.05 Å². The van der Waals surface area contributed by atoms with E-state index in [1.54, 1.807) is 36.0 Å². The van der Waals surface area contributed by atoms with Gasteiger partial charge in [0.25, 0.3) is 11.8 Å². The minimum absolute atomic E-state index is 0.186. The molecule has 148 valence electrons. The molecular weight excluding hydrogens is 384 g/mol. The van der Waals surface area contributed by atoms with E-state index in [0.29, 0.717) is 17.7 Å². The van der Waals surface area contributed by atoms with Crippen molar-refractivity contribution in [2.45, 2.75) is 24.9 Å². The molecule has 0 saturated carbocycles. The zero-order chi connectivity index (χ0) is 20.4. The lowest BCUT2D eigenvalue weighted by Gasteiger charge is -2.13. The smallest absolute Gasteiger partial charge is 0.261 e. The molecule has 0 saturated heterocycles. The van der Waals surface area contributed by atoms with E-state index in [1.165, 1.54) is 10.5 Å². The summed E-state index contributed by atoms with van der Waals surface area (Å²) in [6.07, 6.45) is 1.64. The minimum Gasteiger partial charge on any atom is -0.305 e. The van der Waals surface area contributed by atoms with Crippen molar-refractivity contribution in [1.29, 1.82) is 0 Å². The number of aryl methyl sites for hydroxylation is 1. The number of carbonyl (C=O) groups is 2. The lowest BCUT2D eigenvalue weighted by Crippen LogP contribution is -2.30. The molecule has 29 heavy (non-hydrogen) atoms. The molecule has 4 rings (SSSR count). The molecular formula is C22H22N4O2S. The first-order valence-corrected chi connectivity index (χ1v) is 10.6. The van der Waals surface area contributed by atoms with Gasteiger partial charge in [-0.3, -0.25) is 14.5 Å². The van der Waals surface area contributed by atoms with Crippen molar-refractivity contribution in [3.8, 4) is 11.4 Å². The second kappa shape index (κ2) is 8.21. The van der Waals surface area contributed by atoms with Gasteiger partial charge < -0.3 is 4.57 Å². The number of nitrogens with zero attached hydrogens (tertiary/aromatic N) is 4. The van der Waals surface area contributed by atoms with Crippen molar-refractivity contribution >= 4 is 23.6 Å². The molecule has 7 heteroatoms. The van der Waals surface area contributed by atoms with E-state index < -0.39 is 0 Å². The number of amides is 2. The van der Waals surface area contributed by atoms with E-state index >= 15 is 0 Å². The number of hydrogen-bond donors (Lipinski definition) is 0. The molecule has 0 bridgehead atoms. The van der Waals surface area contributed by atoms with Crippen LogP contribution in [0.2, 0.25) is 0 Å². The summed E-state index contributed by atoms with van der Waals surface area (Å²) >= 11 is 1.64. The van der Waals surface area contributed by atoms with E-state index in [-0.39, 0.29) is 11.8 Å². The highest BCUT2D eigenvalue weighted by Crippen LogP contribution is 2.26. The Morgan fingerprint density at radius 1 is 0.862 bits per heavy atom. The molecule has 1 aliphatic rings. The molecule has 0 radical (unpaired) electrons. The SMILES string of the molecule is Cc1ccccc1-c1nnc(SCCCCN2C(=O)c3ccccc3C2=O)n1C. The normalized spacial score (nSPS) is 13.2. The predicted octanol–water partition coefficient (Wildman–Crippen LogP) is 3.96. The summed E-state index contributed by atoms with van der Waals surface area (Å²) in [6.45, 7) is 2.51. The molecule has 1 aromatic heterocycles. The van der Waals surface area contributed by atoms with Crippen molar-refractivity contribution in [1.82, 2.24) is 19.7 Å². The highest BCUT2D eigenvalue weighted by atomic mass is 32.2. The highest BCUT2D eigenvalue weighted by Gasteiger charge is 2.34. The van der Waals surface area contributed by atoms with Crippen molar-refractivity contribution in [3.63, 3.8) is 0 Å². The molecule has 0 atom stereocenters. The second-order valence-corrected chi connectivity index (χ2v) is 8.11. The number of unbranched alkanes of at least 4 members (excludes halogenated alkanes) is 1. The number of hydrogen-bond acceptors (Lipinski definition) is 5. The number of rotatable bonds is 7. The standard InChI is InChI=1S/C22H22N4O2S/c1-15-9-3-4-10-16(15)19-23-24-22(25(19)2)29-14-8-7-13-26-20(27)17-11-5-6-12-18(17)21(26)28/h3-6,9-12H,7-8,13-14H2,1-2H3. The maximum Gasteiger partial charge on any atom is 0.261 e. The summed E-state index contributed by atoms with van der Waals surface area (Å²) in [5.41, 5.74) is 3.27. The first kappa shape index (κ1) is 19.4. The van der Waals surface area contributed by atoms with Crippen LogP contribution < -0.4 is 0 Å². The van der Waals surface area contributed by atoms with Gasteiger partial charge in [-0.2, -0.15) is 0 Å². The van der Waals surface area contributed by atoms with Gasteiger partial charge in [-0.25, -0.2) is 0 Å². The third kappa shape index (κ3) is 3.70. The molecule has 3 aromatic rings. The van der Waals surface area contributed by atoms with Gasteiger partial charge in [-0.1, -0.05) is 48.2 Å². The van der Waals surface area contributed by atoms with Crippen LogP contribution in [-0.2, 0) is 7.05 Å². The zero-order valence-electron chi connectivity index (χ0n) is 16.5. The molecule has 6 nitrogen and oxygen atoms in total. The maximum absolute atomic E-state index is 12.4. The first-order valence-electron chi connectivity index (χ1n) is 9.61. The Morgan fingerprint density at radius 3 is 2.14 bits per heavy atom. The minimum atomic E-state index is -0.186. The van der Waals surface area contributed by atoms with Crippen LogP contribution in [0.25, 0.3) is 11.4 Å². The Balaban J connectivity index is 1.30. The average Bonchev–Trinajstić information content (AvgIpc) is 3.21. The lowest BCUT2D eigenvalue weighted by atomic mass is 10.1. The van der Waals surface area contributed by atoms with Gasteiger partial charge >= 0.3 is 0 Å². The summed E-state index contributed by atoms with van der Waals surface area (Å²) in [5.74, 6) is 1.34. The summed E-state index contributed by atoms with van der Waals surface area (Å²) in [7, 11) is 1.98. The van der Waals surface area contributed by atoms with Gasteiger partial charge in [-0.05, 0) is 37.5 Å². The van der Waals surface area contributed by atoms with Crippen LogP contribution in [0.5, 0.6) is 0 Å². The van der Waals surface area contributed by atoms with Gasteiger partial charge in [0.05, 0.1) is 11.1 Å². The topological polar surface area (TPSA) is 68.1 Å². The van der Waals surface area contributed by atoms with Crippen molar-refractivity contribution in [2.75, 3.05) is 12.3 Å². The van der Waals surface area contributed by atoms with Gasteiger partial charge in [0.1, 0.15) is 0 Å². The summed E-state index contributed by atoms with van der Waals surface area (Å²) in [5, 5.41) is 9.53. The number of benzene rings is 2. The lowest BCUT2D eigenvalue weighted by molar-refractivity contribution is 0.0652. The Kier molecular flexibility index (Phi) is 5.49. The molecule has 0 unspecified atom stereocenters. The zero-order valence-corrected chi connectivity index (χ0v) is 17.3. The van der Waals surface area contributed by atoms with Crippen LogP contribution in [-0.4, -0.2) is 43.8 Å². The fourth-order valence-corrected chi connectivity index (χ4v) is 4.39. The molecule has 0 aliphatic carbocycles. The fourth-order valence-electron chi connectivity index (χ4n) is 3.48. The monoisotopic (exact) mass is 406 g/mol. The van der Waals surface area contributed by atoms with Gasteiger partial charge in [0, 0.05) is 24.9 Å². The van der Waals surface area contributed by atoms with Crippen LogP contribution in [0.15, 0.2) is 53.7 Å². The molecule has 2 aromatic carbocycles. The third-order valence-electron chi connectivity index (χ3n) is 5.11. The fraction of sp³-hybridized carbons (Fsp3) is 0.273. The molecule has 2 amide bonds. The molecule has 0 N–H and O–H groups in total. The number of carbonyl (C=O) groups excluding carboxylic acids is 2.